The summed E-state index contributed by atoms with van der Waals surface area (Å²) in [5.74, 6) is 0.324. The molecule has 2 heterocycles. The zero-order valence-electron chi connectivity index (χ0n) is 18.3. The number of hydrogen-bond donors (Lipinski definition) is 1. The molecule has 1 aliphatic heterocycles. The van der Waals surface area contributed by atoms with Gasteiger partial charge in [-0.15, -0.1) is 0 Å². The number of anilines is 1. The number of pyridine rings is 1. The molecule has 3 aromatic rings. The second-order valence-electron chi connectivity index (χ2n) is 7.58. The lowest BCUT2D eigenvalue weighted by Gasteiger charge is -2.14. The van der Waals surface area contributed by atoms with Crippen molar-refractivity contribution >= 4 is 44.3 Å². The predicted molar refractivity (Wildman–Crippen MR) is 133 cm³/mol. The molecule has 2 amide bonds. The fraction of sp³-hybridized carbons (Fsp3) is 0.192. The van der Waals surface area contributed by atoms with E-state index in [4.69, 9.17) is 4.74 Å². The standard InChI is InChI=1S/C26H24BrN3O3/c1-2-3-6-12-28-24-19-11-10-18(15-22(19)23(27)16-29-24)17-33-14-7-13-30-25(31)20-8-4-5-9-21(20)26(30)32/h2-6,8-12,15-16H,7,13-14,17H2,1H3,(H,28,29)/b3-2-,12-6-. The van der Waals surface area contributed by atoms with Crippen molar-refractivity contribution in [2.45, 2.75) is 20.0 Å². The Bertz CT molecular complexity index is 1220. The summed E-state index contributed by atoms with van der Waals surface area (Å²) in [6.07, 6.45) is 10.0. The van der Waals surface area contributed by atoms with Crippen LogP contribution in [0, 0.1) is 0 Å². The fourth-order valence-corrected chi connectivity index (χ4v) is 4.14. The SMILES string of the molecule is C/C=C\C=C/Nc1ncc(Br)c2cc(COCCCN3C(=O)c4ccccc4C3=O)ccc12. The number of aromatic nitrogens is 1. The van der Waals surface area contributed by atoms with E-state index in [1.165, 1.54) is 4.90 Å². The molecule has 0 unspecified atom stereocenters. The molecule has 168 valence electrons. The highest BCUT2D eigenvalue weighted by Crippen LogP contribution is 2.29. The number of nitrogens with zero attached hydrogens (tertiary/aromatic N) is 2. The Morgan fingerprint density at radius 3 is 2.55 bits per heavy atom. The Hall–Kier alpha value is -3.29. The highest BCUT2D eigenvalue weighted by molar-refractivity contribution is 9.10. The third-order valence-electron chi connectivity index (χ3n) is 5.34. The molecule has 0 fully saturated rings. The molecule has 1 aliphatic rings. The Kier molecular flexibility index (Phi) is 7.32. The first-order chi connectivity index (χ1) is 16.1. The lowest BCUT2D eigenvalue weighted by molar-refractivity contribution is 0.0619. The summed E-state index contributed by atoms with van der Waals surface area (Å²) >= 11 is 3.58. The van der Waals surface area contributed by atoms with Gasteiger partial charge in [-0.05, 0) is 59.1 Å². The van der Waals surface area contributed by atoms with Crippen LogP contribution in [0.1, 0.15) is 39.6 Å². The molecule has 0 atom stereocenters. The van der Waals surface area contributed by atoms with Gasteiger partial charge >= 0.3 is 0 Å². The van der Waals surface area contributed by atoms with Gasteiger partial charge in [0, 0.05) is 40.8 Å². The zero-order chi connectivity index (χ0) is 23.2. The van der Waals surface area contributed by atoms with Crippen molar-refractivity contribution < 1.29 is 14.3 Å². The Balaban J connectivity index is 1.32. The van der Waals surface area contributed by atoms with E-state index in [2.05, 4.69) is 32.3 Å². The molecule has 4 rings (SSSR count). The molecule has 0 saturated heterocycles. The molecule has 6 nitrogen and oxygen atoms in total. The number of ether oxygens (including phenoxy) is 1. The maximum absolute atomic E-state index is 12.4. The zero-order valence-corrected chi connectivity index (χ0v) is 19.8. The van der Waals surface area contributed by atoms with Crippen LogP contribution in [0.5, 0.6) is 0 Å². The van der Waals surface area contributed by atoms with Gasteiger partial charge in [0.25, 0.3) is 11.8 Å². The topological polar surface area (TPSA) is 71.5 Å². The van der Waals surface area contributed by atoms with E-state index >= 15 is 0 Å². The molecule has 0 radical (unpaired) electrons. The van der Waals surface area contributed by atoms with Gasteiger partial charge in [0.15, 0.2) is 0 Å². The molecule has 1 aromatic heterocycles. The minimum Gasteiger partial charge on any atom is -0.377 e. The van der Waals surface area contributed by atoms with Gasteiger partial charge < -0.3 is 10.1 Å². The quantitative estimate of drug-likeness (QED) is 0.229. The third-order valence-corrected chi connectivity index (χ3v) is 5.97. The van der Waals surface area contributed by atoms with Crippen molar-refractivity contribution in [2.24, 2.45) is 0 Å². The number of amides is 2. The summed E-state index contributed by atoms with van der Waals surface area (Å²) < 4.78 is 6.73. The van der Waals surface area contributed by atoms with Crippen molar-refractivity contribution in [1.82, 2.24) is 9.88 Å². The molecule has 7 heteroatoms. The number of imide groups is 1. The van der Waals surface area contributed by atoms with Gasteiger partial charge in [-0.2, -0.15) is 0 Å². The smallest absolute Gasteiger partial charge is 0.261 e. The van der Waals surface area contributed by atoms with Crippen LogP contribution in [0.15, 0.2) is 77.6 Å². The summed E-state index contributed by atoms with van der Waals surface area (Å²) in [6.45, 7) is 3.20. The number of benzene rings is 2. The number of carbonyl (C=O) groups is 2. The van der Waals surface area contributed by atoms with Crippen LogP contribution >= 0.6 is 15.9 Å². The molecule has 2 aromatic carbocycles. The van der Waals surface area contributed by atoms with E-state index in [0.717, 1.165) is 26.6 Å². The summed E-state index contributed by atoms with van der Waals surface area (Å²) in [6, 6.07) is 13.0. The number of halogens is 1. The van der Waals surface area contributed by atoms with Crippen LogP contribution in [0.4, 0.5) is 5.82 Å². The summed E-state index contributed by atoms with van der Waals surface area (Å²) in [5.41, 5.74) is 1.99. The number of carbonyl (C=O) groups excluding carboxylic acids is 2. The van der Waals surface area contributed by atoms with E-state index in [1.54, 1.807) is 30.5 Å². The first-order valence-electron chi connectivity index (χ1n) is 10.7. The van der Waals surface area contributed by atoms with Gasteiger partial charge in [0.1, 0.15) is 5.82 Å². The maximum atomic E-state index is 12.4. The van der Waals surface area contributed by atoms with Gasteiger partial charge in [0.05, 0.1) is 17.7 Å². The minimum absolute atomic E-state index is 0.228. The molecular formula is C26H24BrN3O3. The van der Waals surface area contributed by atoms with Crippen LogP contribution in [0.25, 0.3) is 10.8 Å². The number of allylic oxidation sites excluding steroid dienone is 3. The van der Waals surface area contributed by atoms with Crippen molar-refractivity contribution in [3.63, 3.8) is 0 Å². The number of fused-ring (bicyclic) bond motifs is 2. The number of rotatable bonds is 9. The van der Waals surface area contributed by atoms with E-state index in [0.29, 0.717) is 37.3 Å². The monoisotopic (exact) mass is 505 g/mol. The van der Waals surface area contributed by atoms with Crippen molar-refractivity contribution in [2.75, 3.05) is 18.5 Å². The average molecular weight is 506 g/mol. The highest BCUT2D eigenvalue weighted by Gasteiger charge is 2.34. The first kappa shape index (κ1) is 22.9. The summed E-state index contributed by atoms with van der Waals surface area (Å²) in [4.78, 5) is 30.6. The first-order valence-corrected chi connectivity index (χ1v) is 11.5. The summed E-state index contributed by atoms with van der Waals surface area (Å²) in [5, 5.41) is 5.26. The van der Waals surface area contributed by atoms with Gasteiger partial charge in [-0.25, -0.2) is 4.98 Å². The van der Waals surface area contributed by atoms with E-state index in [9.17, 15) is 9.59 Å². The number of hydrogen-bond acceptors (Lipinski definition) is 5. The second kappa shape index (κ2) is 10.6. The van der Waals surface area contributed by atoms with Crippen LogP contribution in [0.3, 0.4) is 0 Å². The predicted octanol–water partition coefficient (Wildman–Crippen LogP) is 5.70. The van der Waals surface area contributed by atoms with Gasteiger partial charge in [-0.3, -0.25) is 14.5 Å². The number of nitrogens with one attached hydrogen (secondary N) is 1. The van der Waals surface area contributed by atoms with E-state index < -0.39 is 0 Å². The van der Waals surface area contributed by atoms with Crippen LogP contribution < -0.4 is 5.32 Å². The third kappa shape index (κ3) is 5.05. The van der Waals surface area contributed by atoms with Crippen LogP contribution in [-0.2, 0) is 11.3 Å². The Morgan fingerprint density at radius 2 is 1.82 bits per heavy atom. The molecule has 0 aliphatic carbocycles. The van der Waals surface area contributed by atoms with Crippen molar-refractivity contribution in [3.05, 3.63) is 94.3 Å². The van der Waals surface area contributed by atoms with E-state index in [-0.39, 0.29) is 11.8 Å². The lowest BCUT2D eigenvalue weighted by atomic mass is 10.1. The second-order valence-corrected chi connectivity index (χ2v) is 8.43. The highest BCUT2D eigenvalue weighted by atomic mass is 79.9. The van der Waals surface area contributed by atoms with Crippen LogP contribution in [-0.4, -0.2) is 34.8 Å². The van der Waals surface area contributed by atoms with Gasteiger partial charge in [0.2, 0.25) is 0 Å². The minimum atomic E-state index is -0.228. The average Bonchev–Trinajstić information content (AvgIpc) is 3.08. The fourth-order valence-electron chi connectivity index (χ4n) is 3.71. The molecule has 0 spiro atoms. The van der Waals surface area contributed by atoms with E-state index in [1.807, 2.05) is 43.5 Å². The summed E-state index contributed by atoms with van der Waals surface area (Å²) in [7, 11) is 0. The van der Waals surface area contributed by atoms with Crippen molar-refractivity contribution in [1.29, 1.82) is 0 Å². The largest absolute Gasteiger partial charge is 0.377 e. The molecular weight excluding hydrogens is 482 g/mol. The van der Waals surface area contributed by atoms with Crippen LogP contribution in [0.2, 0.25) is 0 Å². The molecule has 0 saturated carbocycles. The maximum Gasteiger partial charge on any atom is 0.261 e. The molecule has 0 bridgehead atoms. The lowest BCUT2D eigenvalue weighted by Crippen LogP contribution is -2.31. The van der Waals surface area contributed by atoms with Gasteiger partial charge in [-0.1, -0.05) is 36.4 Å². The molecule has 33 heavy (non-hydrogen) atoms. The van der Waals surface area contributed by atoms with Crippen molar-refractivity contribution in [3.8, 4) is 0 Å². The Labute approximate surface area is 201 Å². The molecule has 1 N–H and O–H groups in total. The normalized spacial score (nSPS) is 13.6. The Morgan fingerprint density at radius 1 is 1.06 bits per heavy atom.